The fourth-order valence-corrected chi connectivity index (χ4v) is 2.62. The molecule has 0 spiro atoms. The van der Waals surface area contributed by atoms with Crippen LogP contribution in [-0.4, -0.2) is 40.7 Å². The molecule has 1 N–H and O–H groups in total. The number of benzene rings is 1. The van der Waals surface area contributed by atoms with Gasteiger partial charge in [0.05, 0.1) is 0 Å². The predicted molar refractivity (Wildman–Crippen MR) is 84.7 cm³/mol. The van der Waals surface area contributed by atoms with Gasteiger partial charge < -0.3 is 14.9 Å². The molecule has 1 atom stereocenters. The Morgan fingerprint density at radius 3 is 2.91 bits per heavy atom. The highest BCUT2D eigenvalue weighted by atomic mass is 16.4. The monoisotopic (exact) mass is 298 g/mol. The fourth-order valence-electron chi connectivity index (χ4n) is 2.62. The molecule has 1 unspecified atom stereocenters. The van der Waals surface area contributed by atoms with Gasteiger partial charge in [-0.05, 0) is 25.0 Å². The minimum absolute atomic E-state index is 0.601. The first-order chi connectivity index (χ1) is 10.6. The molecule has 22 heavy (non-hydrogen) atoms. The number of carboxylic acid groups (broad SMARTS) is 1. The molecule has 2 heterocycles. The summed E-state index contributed by atoms with van der Waals surface area (Å²) in [5.41, 5.74) is 2.45. The Morgan fingerprint density at radius 2 is 2.14 bits per heavy atom. The Labute approximate surface area is 129 Å². The molecule has 1 aromatic heterocycles. The van der Waals surface area contributed by atoms with E-state index in [-0.39, 0.29) is 0 Å². The number of carboxylic acids is 1. The molecule has 114 valence electrons. The van der Waals surface area contributed by atoms with Crippen molar-refractivity contribution in [3.05, 3.63) is 42.2 Å². The van der Waals surface area contributed by atoms with Crippen LogP contribution in [0.3, 0.4) is 0 Å². The number of rotatable bonds is 4. The first kappa shape index (κ1) is 14.3. The minimum Gasteiger partial charge on any atom is -0.480 e. The van der Waals surface area contributed by atoms with Gasteiger partial charge in [0, 0.05) is 25.3 Å². The van der Waals surface area contributed by atoms with Crippen molar-refractivity contribution < 1.29 is 9.90 Å². The number of hydrogen-bond acceptors (Lipinski definition) is 5. The molecule has 6 nitrogen and oxygen atoms in total. The molecule has 0 radical (unpaired) electrons. The molecular formula is C16H18N4O2. The Morgan fingerprint density at radius 1 is 1.36 bits per heavy atom. The highest BCUT2D eigenvalue weighted by Gasteiger charge is 2.23. The van der Waals surface area contributed by atoms with Gasteiger partial charge in [0.1, 0.15) is 24.0 Å². The molecule has 0 fully saturated rings. The van der Waals surface area contributed by atoms with Crippen LogP contribution in [0.25, 0.3) is 0 Å². The third kappa shape index (κ3) is 2.47. The van der Waals surface area contributed by atoms with Gasteiger partial charge in [0.25, 0.3) is 0 Å². The van der Waals surface area contributed by atoms with Gasteiger partial charge in [0.15, 0.2) is 0 Å². The quantitative estimate of drug-likeness (QED) is 0.932. The number of fused-ring (bicyclic) bond motifs is 1. The average Bonchev–Trinajstić information content (AvgIpc) is 2.97. The average molecular weight is 298 g/mol. The van der Waals surface area contributed by atoms with Crippen LogP contribution >= 0.6 is 0 Å². The zero-order valence-electron chi connectivity index (χ0n) is 12.6. The normalized spacial score (nSPS) is 14.5. The predicted octanol–water partition coefficient (Wildman–Crippen LogP) is 2.08. The van der Waals surface area contributed by atoms with Crippen molar-refractivity contribution in [3.8, 4) is 0 Å². The maximum Gasteiger partial charge on any atom is 0.326 e. The third-order valence-corrected chi connectivity index (χ3v) is 4.10. The van der Waals surface area contributed by atoms with E-state index in [1.54, 1.807) is 18.9 Å². The van der Waals surface area contributed by atoms with Gasteiger partial charge in [-0.2, -0.15) is 0 Å². The number of nitrogens with zero attached hydrogens (tertiary/aromatic N) is 4. The van der Waals surface area contributed by atoms with Crippen LogP contribution in [0.2, 0.25) is 0 Å². The smallest absolute Gasteiger partial charge is 0.326 e. The molecular weight excluding hydrogens is 280 g/mol. The number of anilines is 3. The largest absolute Gasteiger partial charge is 0.480 e. The van der Waals surface area contributed by atoms with Gasteiger partial charge in [-0.25, -0.2) is 14.8 Å². The summed E-state index contributed by atoms with van der Waals surface area (Å²) in [6.45, 7) is 2.50. The number of carbonyl (C=O) groups is 1. The summed E-state index contributed by atoms with van der Waals surface area (Å²) >= 11 is 0. The Hall–Kier alpha value is -2.63. The molecule has 1 aliphatic rings. The van der Waals surface area contributed by atoms with Gasteiger partial charge in [-0.1, -0.05) is 18.2 Å². The maximum absolute atomic E-state index is 11.1. The lowest BCUT2D eigenvalue weighted by molar-refractivity contribution is -0.138. The molecule has 6 heteroatoms. The number of para-hydroxylation sites is 1. The number of likely N-dealkylation sites (N-methyl/N-ethyl adjacent to an activating group) is 1. The van der Waals surface area contributed by atoms with Gasteiger partial charge >= 0.3 is 5.97 Å². The van der Waals surface area contributed by atoms with Gasteiger partial charge in [-0.3, -0.25) is 0 Å². The van der Waals surface area contributed by atoms with Crippen LogP contribution in [0, 0.1) is 0 Å². The Balaban J connectivity index is 1.91. The Kier molecular flexibility index (Phi) is 3.66. The molecule has 0 aliphatic carbocycles. The van der Waals surface area contributed by atoms with Crippen LogP contribution < -0.4 is 9.80 Å². The van der Waals surface area contributed by atoms with E-state index in [4.69, 9.17) is 5.11 Å². The van der Waals surface area contributed by atoms with Crippen molar-refractivity contribution in [2.45, 2.75) is 19.4 Å². The van der Waals surface area contributed by atoms with Crippen molar-refractivity contribution in [3.63, 3.8) is 0 Å². The van der Waals surface area contributed by atoms with E-state index in [9.17, 15) is 4.79 Å². The van der Waals surface area contributed by atoms with Crippen LogP contribution in [0.5, 0.6) is 0 Å². The maximum atomic E-state index is 11.1. The van der Waals surface area contributed by atoms with E-state index < -0.39 is 12.0 Å². The summed E-state index contributed by atoms with van der Waals surface area (Å²) in [4.78, 5) is 23.4. The lowest BCUT2D eigenvalue weighted by atomic mass is 10.2. The molecule has 0 bridgehead atoms. The molecule has 3 rings (SSSR count). The van der Waals surface area contributed by atoms with Crippen LogP contribution in [-0.2, 0) is 11.2 Å². The number of aromatic nitrogens is 2. The number of hydrogen-bond donors (Lipinski definition) is 1. The van der Waals surface area contributed by atoms with Crippen molar-refractivity contribution in [2.75, 3.05) is 23.4 Å². The second-order valence-electron chi connectivity index (χ2n) is 5.39. The molecule has 1 aromatic carbocycles. The van der Waals surface area contributed by atoms with Crippen molar-refractivity contribution >= 4 is 23.3 Å². The summed E-state index contributed by atoms with van der Waals surface area (Å²) in [6, 6.07) is 9.44. The molecule has 0 amide bonds. The van der Waals surface area contributed by atoms with Crippen LogP contribution in [0.4, 0.5) is 17.3 Å². The highest BCUT2D eigenvalue weighted by Crippen LogP contribution is 2.33. The fraction of sp³-hybridized carbons (Fsp3) is 0.312. The second-order valence-corrected chi connectivity index (χ2v) is 5.39. The topological polar surface area (TPSA) is 69.6 Å². The van der Waals surface area contributed by atoms with Gasteiger partial charge in [-0.15, -0.1) is 0 Å². The molecule has 0 saturated carbocycles. The van der Waals surface area contributed by atoms with E-state index in [0.717, 1.165) is 24.5 Å². The summed E-state index contributed by atoms with van der Waals surface area (Å²) < 4.78 is 0. The zero-order valence-corrected chi connectivity index (χ0v) is 12.6. The third-order valence-electron chi connectivity index (χ3n) is 4.10. The highest BCUT2D eigenvalue weighted by molar-refractivity contribution is 5.77. The second kappa shape index (κ2) is 5.63. The van der Waals surface area contributed by atoms with Crippen LogP contribution in [0.1, 0.15) is 12.5 Å². The van der Waals surface area contributed by atoms with Crippen molar-refractivity contribution in [2.24, 2.45) is 0 Å². The van der Waals surface area contributed by atoms with Crippen molar-refractivity contribution in [1.82, 2.24) is 9.97 Å². The van der Waals surface area contributed by atoms with E-state index >= 15 is 0 Å². The minimum atomic E-state index is -0.880. The molecule has 2 aromatic rings. The van der Waals surface area contributed by atoms with Gasteiger partial charge in [0.2, 0.25) is 0 Å². The van der Waals surface area contributed by atoms with E-state index in [2.05, 4.69) is 27.0 Å². The zero-order chi connectivity index (χ0) is 15.7. The first-order valence-electron chi connectivity index (χ1n) is 7.21. The molecule has 1 aliphatic heterocycles. The van der Waals surface area contributed by atoms with E-state index in [0.29, 0.717) is 5.82 Å². The summed E-state index contributed by atoms with van der Waals surface area (Å²) in [5, 5.41) is 9.13. The lowest BCUT2D eigenvalue weighted by Gasteiger charge is -2.24. The van der Waals surface area contributed by atoms with Crippen LogP contribution in [0.15, 0.2) is 36.7 Å². The molecule has 0 saturated heterocycles. The number of aliphatic carboxylic acids is 1. The lowest BCUT2D eigenvalue weighted by Crippen LogP contribution is -2.36. The first-order valence-corrected chi connectivity index (χ1v) is 7.21. The summed E-state index contributed by atoms with van der Waals surface area (Å²) in [5.74, 6) is 0.512. The standard InChI is InChI=1S/C16H18N4O2/c1-11(16(21)22)19(2)14-9-15(18-10-17-14)20-8-7-12-5-3-4-6-13(12)20/h3-6,9-11H,7-8H2,1-2H3,(H,21,22). The summed E-state index contributed by atoms with van der Waals surface area (Å²) in [6.07, 6.45) is 2.47. The van der Waals surface area contributed by atoms with E-state index in [1.165, 1.54) is 11.9 Å². The Bertz CT molecular complexity index is 704. The van der Waals surface area contributed by atoms with E-state index in [1.807, 2.05) is 18.2 Å². The SMILES string of the molecule is CC(C(=O)O)N(C)c1cc(N2CCc3ccccc32)ncn1. The van der Waals surface area contributed by atoms with Crippen molar-refractivity contribution in [1.29, 1.82) is 0 Å². The summed E-state index contributed by atoms with van der Waals surface area (Å²) in [7, 11) is 1.73.